The quantitative estimate of drug-likeness (QED) is 0.537. The van der Waals surface area contributed by atoms with Crippen molar-refractivity contribution >= 4 is 33.5 Å². The molecule has 0 saturated heterocycles. The largest absolute Gasteiger partial charge is 0.395 e. The second-order valence-corrected chi connectivity index (χ2v) is 6.15. The van der Waals surface area contributed by atoms with Gasteiger partial charge in [0.1, 0.15) is 0 Å². The van der Waals surface area contributed by atoms with E-state index in [9.17, 15) is 4.79 Å². The number of rotatable bonds is 8. The van der Waals surface area contributed by atoms with Gasteiger partial charge in [-0.2, -0.15) is 0 Å². The molecule has 0 heterocycles. The Morgan fingerprint density at radius 3 is 2.33 bits per heavy atom. The van der Waals surface area contributed by atoms with Gasteiger partial charge in [0.05, 0.1) is 13.2 Å². The number of carbonyl (C=O) groups excluding carboxylic acids is 1. The number of aliphatic hydroxyl groups excluding tert-OH is 2. The minimum Gasteiger partial charge on any atom is -0.395 e. The maximum Gasteiger partial charge on any atom is 0.185 e. The van der Waals surface area contributed by atoms with Crippen LogP contribution in [0.4, 0.5) is 5.69 Å². The van der Waals surface area contributed by atoms with Crippen molar-refractivity contribution in [2.45, 2.75) is 0 Å². The highest BCUT2D eigenvalue weighted by Crippen LogP contribution is 2.17. The zero-order valence-corrected chi connectivity index (χ0v) is 14.8. The Labute approximate surface area is 150 Å². The van der Waals surface area contributed by atoms with Crippen LogP contribution in [0.2, 0.25) is 0 Å². The topological polar surface area (TPSA) is 60.8 Å². The van der Waals surface area contributed by atoms with E-state index in [0.717, 1.165) is 15.7 Å². The zero-order chi connectivity index (χ0) is 17.4. The van der Waals surface area contributed by atoms with Gasteiger partial charge in [0.2, 0.25) is 0 Å². The third-order valence-electron chi connectivity index (χ3n) is 3.53. The molecule has 126 valence electrons. The lowest BCUT2D eigenvalue weighted by molar-refractivity contribution is 0.104. The van der Waals surface area contributed by atoms with Gasteiger partial charge >= 0.3 is 0 Å². The van der Waals surface area contributed by atoms with Crippen LogP contribution in [0.5, 0.6) is 0 Å². The highest BCUT2D eigenvalue weighted by Gasteiger charge is 2.08. The number of hydrogen-bond donors (Lipinski definition) is 2. The lowest BCUT2D eigenvalue weighted by Gasteiger charge is -2.23. The zero-order valence-electron chi connectivity index (χ0n) is 13.2. The van der Waals surface area contributed by atoms with Gasteiger partial charge in [0, 0.05) is 28.8 Å². The van der Waals surface area contributed by atoms with E-state index < -0.39 is 0 Å². The first kappa shape index (κ1) is 18.4. The summed E-state index contributed by atoms with van der Waals surface area (Å²) in [5.74, 6) is -0.0901. The molecule has 4 nitrogen and oxygen atoms in total. The van der Waals surface area contributed by atoms with E-state index >= 15 is 0 Å². The highest BCUT2D eigenvalue weighted by molar-refractivity contribution is 9.10. The van der Waals surface area contributed by atoms with E-state index in [1.807, 2.05) is 35.2 Å². The van der Waals surface area contributed by atoms with Gasteiger partial charge in [-0.1, -0.05) is 46.3 Å². The molecular weight excluding hydrogens is 370 g/mol. The molecule has 0 bridgehead atoms. The summed E-state index contributed by atoms with van der Waals surface area (Å²) in [5, 5.41) is 18.3. The van der Waals surface area contributed by atoms with Gasteiger partial charge in [-0.3, -0.25) is 4.79 Å². The fraction of sp³-hybridized carbons (Fsp3) is 0.211. The maximum atomic E-state index is 12.4. The summed E-state index contributed by atoms with van der Waals surface area (Å²) in [6.07, 6.45) is 3.32. The van der Waals surface area contributed by atoms with Gasteiger partial charge in [0.15, 0.2) is 5.78 Å². The van der Waals surface area contributed by atoms with Crippen LogP contribution in [0, 0.1) is 0 Å². The maximum absolute atomic E-state index is 12.4. The molecule has 5 heteroatoms. The first-order valence-electron chi connectivity index (χ1n) is 7.69. The van der Waals surface area contributed by atoms with Gasteiger partial charge in [-0.25, -0.2) is 0 Å². The van der Waals surface area contributed by atoms with Crippen molar-refractivity contribution < 1.29 is 15.0 Å². The molecule has 24 heavy (non-hydrogen) atoms. The van der Waals surface area contributed by atoms with Crippen LogP contribution in [0.1, 0.15) is 15.9 Å². The lowest BCUT2D eigenvalue weighted by Crippen LogP contribution is -2.29. The van der Waals surface area contributed by atoms with Gasteiger partial charge < -0.3 is 15.1 Å². The second-order valence-electron chi connectivity index (χ2n) is 5.23. The minimum atomic E-state index is -0.0901. The Kier molecular flexibility index (Phi) is 7.18. The van der Waals surface area contributed by atoms with Crippen molar-refractivity contribution in [3.8, 4) is 0 Å². The third-order valence-corrected chi connectivity index (χ3v) is 4.06. The van der Waals surface area contributed by atoms with Crippen LogP contribution in [0.15, 0.2) is 59.1 Å². The van der Waals surface area contributed by atoms with Crippen LogP contribution >= 0.6 is 15.9 Å². The van der Waals surface area contributed by atoms with E-state index in [2.05, 4.69) is 15.9 Å². The predicted molar refractivity (Wildman–Crippen MR) is 100 cm³/mol. The average molecular weight is 390 g/mol. The fourth-order valence-electron chi connectivity index (χ4n) is 2.31. The normalized spacial score (nSPS) is 11.0. The number of anilines is 1. The van der Waals surface area contributed by atoms with E-state index in [0.29, 0.717) is 18.7 Å². The molecule has 0 aliphatic rings. The van der Waals surface area contributed by atoms with Crippen LogP contribution in [0.25, 0.3) is 6.08 Å². The molecule has 0 atom stereocenters. The van der Waals surface area contributed by atoms with E-state index in [1.165, 1.54) is 0 Å². The van der Waals surface area contributed by atoms with Crippen molar-refractivity contribution in [2.24, 2.45) is 0 Å². The molecule has 0 unspecified atom stereocenters. The molecule has 2 aromatic rings. The monoisotopic (exact) mass is 389 g/mol. The number of carbonyl (C=O) groups is 1. The minimum absolute atomic E-state index is 0.0123. The second kappa shape index (κ2) is 9.37. The molecule has 2 aromatic carbocycles. The number of nitrogens with zero attached hydrogens (tertiary/aromatic N) is 1. The Balaban J connectivity index is 2.14. The number of aliphatic hydroxyl groups is 2. The third kappa shape index (κ3) is 5.30. The summed E-state index contributed by atoms with van der Waals surface area (Å²) in [4.78, 5) is 14.2. The van der Waals surface area contributed by atoms with E-state index in [-0.39, 0.29) is 19.0 Å². The Morgan fingerprint density at radius 1 is 1.04 bits per heavy atom. The van der Waals surface area contributed by atoms with Crippen molar-refractivity contribution in [1.82, 2.24) is 0 Å². The number of allylic oxidation sites excluding steroid dienone is 1. The molecular formula is C19H20BrNO3. The summed E-state index contributed by atoms with van der Waals surface area (Å²) < 4.78 is 0.992. The average Bonchev–Trinajstić information content (AvgIpc) is 2.61. The molecule has 0 spiro atoms. The van der Waals surface area contributed by atoms with E-state index in [4.69, 9.17) is 10.2 Å². The SMILES string of the molecule is O=C(/C=C/c1ccc(Br)cc1)c1cccc(N(CCO)CCO)c1. The molecule has 2 rings (SSSR count). The van der Waals surface area contributed by atoms with Crippen LogP contribution in [-0.2, 0) is 0 Å². The number of hydrogen-bond acceptors (Lipinski definition) is 4. The molecule has 2 N–H and O–H groups in total. The fourth-order valence-corrected chi connectivity index (χ4v) is 2.57. The summed E-state index contributed by atoms with van der Waals surface area (Å²) in [5.41, 5.74) is 2.33. The summed E-state index contributed by atoms with van der Waals surface area (Å²) in [6, 6.07) is 14.9. The standard InChI is InChI=1S/C19H20BrNO3/c20-17-7-4-15(5-8-17)6-9-19(24)16-2-1-3-18(14-16)21(10-12-22)11-13-23/h1-9,14,22-23H,10-13H2/b9-6+. The number of benzene rings is 2. The Bertz CT molecular complexity index is 692. The van der Waals surface area contributed by atoms with Gasteiger partial charge in [-0.05, 0) is 35.9 Å². The molecule has 0 aliphatic heterocycles. The molecule has 0 amide bonds. The van der Waals surface area contributed by atoms with Crippen LogP contribution in [0.3, 0.4) is 0 Å². The highest BCUT2D eigenvalue weighted by atomic mass is 79.9. The van der Waals surface area contributed by atoms with Crippen LogP contribution < -0.4 is 4.90 Å². The van der Waals surface area contributed by atoms with Crippen molar-refractivity contribution in [3.05, 3.63) is 70.2 Å². The van der Waals surface area contributed by atoms with Crippen LogP contribution in [-0.4, -0.2) is 42.3 Å². The summed E-state index contributed by atoms with van der Waals surface area (Å²) in [7, 11) is 0. The van der Waals surface area contributed by atoms with Crippen molar-refractivity contribution in [2.75, 3.05) is 31.2 Å². The first-order valence-corrected chi connectivity index (χ1v) is 8.48. The molecule has 0 fully saturated rings. The summed E-state index contributed by atoms with van der Waals surface area (Å²) in [6.45, 7) is 0.795. The summed E-state index contributed by atoms with van der Waals surface area (Å²) >= 11 is 3.38. The van der Waals surface area contributed by atoms with Gasteiger partial charge in [-0.15, -0.1) is 0 Å². The lowest BCUT2D eigenvalue weighted by atomic mass is 10.1. The Morgan fingerprint density at radius 2 is 1.71 bits per heavy atom. The number of ketones is 1. The molecule has 0 aromatic heterocycles. The van der Waals surface area contributed by atoms with Gasteiger partial charge in [0.25, 0.3) is 0 Å². The first-order chi connectivity index (χ1) is 11.6. The van der Waals surface area contributed by atoms with Crippen molar-refractivity contribution in [3.63, 3.8) is 0 Å². The van der Waals surface area contributed by atoms with E-state index in [1.54, 1.807) is 30.4 Å². The Hall–Kier alpha value is -1.95. The molecule has 0 aliphatic carbocycles. The van der Waals surface area contributed by atoms with Crippen molar-refractivity contribution in [1.29, 1.82) is 0 Å². The molecule has 0 saturated carbocycles. The molecule has 0 radical (unpaired) electrons. The number of halogens is 1. The smallest absolute Gasteiger partial charge is 0.185 e. The predicted octanol–water partition coefficient (Wildman–Crippen LogP) is 3.14.